The smallest absolute Gasteiger partial charge is 0.430 e. The summed E-state index contributed by atoms with van der Waals surface area (Å²) in [6.45, 7) is 2.39. The van der Waals surface area contributed by atoms with Crippen molar-refractivity contribution in [2.45, 2.75) is 32.6 Å². The fourth-order valence-electron chi connectivity index (χ4n) is 3.40. The number of ketones is 1. The van der Waals surface area contributed by atoms with Gasteiger partial charge in [-0.25, -0.2) is 19.8 Å². The van der Waals surface area contributed by atoms with Gasteiger partial charge in [0.05, 0.1) is 6.61 Å². The second-order valence-electron chi connectivity index (χ2n) is 8.04. The second-order valence-corrected chi connectivity index (χ2v) is 8.04. The van der Waals surface area contributed by atoms with Gasteiger partial charge in [-0.3, -0.25) is 4.79 Å². The number of carbonyl (C=O) groups is 4. The van der Waals surface area contributed by atoms with E-state index < -0.39 is 29.5 Å². The van der Waals surface area contributed by atoms with E-state index in [1.54, 1.807) is 79.7 Å². The van der Waals surface area contributed by atoms with Gasteiger partial charge < -0.3 is 14.2 Å². The minimum absolute atomic E-state index is 0.0676. The van der Waals surface area contributed by atoms with Crippen LogP contribution in [-0.2, 0) is 32.2 Å². The molecule has 0 spiro atoms. The van der Waals surface area contributed by atoms with Crippen molar-refractivity contribution >= 4 is 23.9 Å². The molecule has 3 aromatic carbocycles. The topological polar surface area (TPSA) is 111 Å². The molecule has 9 heteroatoms. The average Bonchev–Trinajstić information content (AvgIpc) is 2.94. The van der Waals surface area contributed by atoms with Gasteiger partial charge in [0, 0.05) is 5.56 Å². The molecular weight excluding hydrogens is 476 g/mol. The van der Waals surface area contributed by atoms with Gasteiger partial charge in [0.2, 0.25) is 11.3 Å². The highest BCUT2D eigenvalue weighted by Crippen LogP contribution is 2.24. The molecular formula is C28H28N2O7. The summed E-state index contributed by atoms with van der Waals surface area (Å²) >= 11 is 0. The Morgan fingerprint density at radius 1 is 0.730 bits per heavy atom. The summed E-state index contributed by atoms with van der Waals surface area (Å²) in [6.07, 6.45) is -2.22. The predicted octanol–water partition coefficient (Wildman–Crippen LogP) is 4.67. The number of hydrogen-bond acceptors (Lipinski definition) is 7. The normalized spacial score (nSPS) is 11.9. The maximum absolute atomic E-state index is 13.6. The number of benzene rings is 3. The van der Waals surface area contributed by atoms with Crippen LogP contribution in [0.4, 0.5) is 9.59 Å². The van der Waals surface area contributed by atoms with Crippen LogP contribution in [0.1, 0.15) is 35.3 Å². The van der Waals surface area contributed by atoms with Crippen LogP contribution >= 0.6 is 0 Å². The Morgan fingerprint density at radius 3 is 1.73 bits per heavy atom. The van der Waals surface area contributed by atoms with Crippen molar-refractivity contribution in [3.05, 3.63) is 108 Å². The largest absolute Gasteiger partial charge is 0.464 e. The highest BCUT2D eigenvalue weighted by molar-refractivity contribution is 6.17. The van der Waals surface area contributed by atoms with Crippen molar-refractivity contribution in [2.75, 3.05) is 6.61 Å². The summed E-state index contributed by atoms with van der Waals surface area (Å²) in [4.78, 5) is 52.8. The summed E-state index contributed by atoms with van der Waals surface area (Å²) in [6, 6.07) is 25.6. The summed E-state index contributed by atoms with van der Waals surface area (Å²) < 4.78 is 15.8. The molecule has 192 valence electrons. The molecule has 9 nitrogen and oxygen atoms in total. The first kappa shape index (κ1) is 26.9. The first-order valence-corrected chi connectivity index (χ1v) is 11.6. The third-order valence-electron chi connectivity index (χ3n) is 5.40. The summed E-state index contributed by atoms with van der Waals surface area (Å²) in [5.74, 6) is -1.84. The number of nitrogens with one attached hydrogen (secondary N) is 1. The van der Waals surface area contributed by atoms with E-state index in [0.717, 1.165) is 0 Å². The van der Waals surface area contributed by atoms with Gasteiger partial charge in [-0.2, -0.15) is 5.01 Å². The zero-order valence-electron chi connectivity index (χ0n) is 20.6. The van der Waals surface area contributed by atoms with Crippen molar-refractivity contribution < 1.29 is 33.4 Å². The predicted molar refractivity (Wildman–Crippen MR) is 134 cm³/mol. The molecule has 1 atom stereocenters. The summed E-state index contributed by atoms with van der Waals surface area (Å²) in [5, 5.41) is 0.524. The molecule has 37 heavy (non-hydrogen) atoms. The van der Waals surface area contributed by atoms with Crippen LogP contribution in [0.2, 0.25) is 0 Å². The minimum atomic E-state index is -2.31. The molecule has 0 aromatic heterocycles. The number of carbonyl (C=O) groups excluding carboxylic acids is 4. The summed E-state index contributed by atoms with van der Waals surface area (Å²) in [7, 11) is 0. The van der Waals surface area contributed by atoms with Crippen molar-refractivity contribution in [1.29, 1.82) is 0 Å². The average molecular weight is 505 g/mol. The number of esters is 1. The molecule has 1 N–H and O–H groups in total. The molecule has 0 bridgehead atoms. The quantitative estimate of drug-likeness (QED) is 0.148. The van der Waals surface area contributed by atoms with Crippen LogP contribution in [0.5, 0.6) is 0 Å². The van der Waals surface area contributed by atoms with E-state index >= 15 is 0 Å². The van der Waals surface area contributed by atoms with E-state index in [-0.39, 0.29) is 25.4 Å². The van der Waals surface area contributed by atoms with E-state index in [1.807, 2.05) is 6.07 Å². The van der Waals surface area contributed by atoms with Gasteiger partial charge >= 0.3 is 18.2 Å². The van der Waals surface area contributed by atoms with Gasteiger partial charge in [0.1, 0.15) is 13.2 Å². The zero-order valence-corrected chi connectivity index (χ0v) is 20.6. The Kier molecular flexibility index (Phi) is 9.37. The Morgan fingerprint density at radius 2 is 1.22 bits per heavy atom. The number of nitrogens with zero attached hydrogens (tertiary/aromatic N) is 1. The Labute approximate surface area is 214 Å². The van der Waals surface area contributed by atoms with E-state index in [2.05, 4.69) is 5.43 Å². The van der Waals surface area contributed by atoms with Crippen LogP contribution in [0.3, 0.4) is 0 Å². The molecule has 2 amide bonds. The molecule has 3 aromatic rings. The first-order chi connectivity index (χ1) is 17.9. The minimum Gasteiger partial charge on any atom is -0.464 e. The van der Waals surface area contributed by atoms with Gasteiger partial charge in [-0.15, -0.1) is 0 Å². The van der Waals surface area contributed by atoms with Crippen LogP contribution in [0, 0.1) is 0 Å². The van der Waals surface area contributed by atoms with E-state index in [9.17, 15) is 19.2 Å². The van der Waals surface area contributed by atoms with Crippen molar-refractivity contribution in [2.24, 2.45) is 0 Å². The standard InChI is InChI=1S/C28H28N2O7/c1-3-35-25(32)28(2,24(31)23-17-11-6-12-18-23)30(27(34)37-20-22-15-9-5-10-16-22)29-26(33)36-19-21-13-7-4-8-14-21/h4-18H,3,19-20H2,1-2H3,(H,29,33). The highest BCUT2D eigenvalue weighted by atomic mass is 16.6. The molecule has 0 radical (unpaired) electrons. The first-order valence-electron chi connectivity index (χ1n) is 11.6. The maximum Gasteiger partial charge on any atom is 0.430 e. The van der Waals surface area contributed by atoms with Crippen molar-refractivity contribution in [1.82, 2.24) is 10.4 Å². The highest BCUT2D eigenvalue weighted by Gasteiger charge is 2.52. The monoisotopic (exact) mass is 504 g/mol. The third kappa shape index (κ3) is 6.94. The lowest BCUT2D eigenvalue weighted by Crippen LogP contribution is -2.66. The molecule has 0 aliphatic heterocycles. The van der Waals surface area contributed by atoms with Crippen LogP contribution < -0.4 is 5.43 Å². The van der Waals surface area contributed by atoms with Crippen molar-refractivity contribution in [3.8, 4) is 0 Å². The number of Topliss-reactive ketones (excluding diaryl/α,β-unsaturated/α-hetero) is 1. The third-order valence-corrected chi connectivity index (χ3v) is 5.40. The van der Waals surface area contributed by atoms with Crippen molar-refractivity contribution in [3.63, 3.8) is 0 Å². The van der Waals surface area contributed by atoms with Gasteiger partial charge in [0.15, 0.2) is 0 Å². The molecule has 0 saturated heterocycles. The number of rotatable bonds is 9. The fraction of sp³-hybridized carbons (Fsp3) is 0.214. The molecule has 0 fully saturated rings. The SMILES string of the molecule is CCOC(=O)C(C)(C(=O)c1ccccc1)N(NC(=O)OCc1ccccc1)C(=O)OCc1ccccc1. The molecule has 0 saturated carbocycles. The lowest BCUT2D eigenvalue weighted by atomic mass is 9.90. The van der Waals surface area contributed by atoms with Crippen LogP contribution in [-0.4, -0.2) is 41.1 Å². The van der Waals surface area contributed by atoms with Gasteiger partial charge in [0.25, 0.3) is 0 Å². The summed E-state index contributed by atoms with van der Waals surface area (Å²) in [5.41, 5.74) is 1.40. The fourth-order valence-corrected chi connectivity index (χ4v) is 3.40. The number of hydrazine groups is 1. The lowest BCUT2D eigenvalue weighted by Gasteiger charge is -2.36. The van der Waals surface area contributed by atoms with Gasteiger partial charge in [-0.1, -0.05) is 91.0 Å². The number of amides is 2. The molecule has 0 aliphatic rings. The molecule has 3 rings (SSSR count). The van der Waals surface area contributed by atoms with E-state index in [1.165, 1.54) is 19.1 Å². The molecule has 1 unspecified atom stereocenters. The van der Waals surface area contributed by atoms with Crippen LogP contribution in [0.25, 0.3) is 0 Å². The maximum atomic E-state index is 13.6. The van der Waals surface area contributed by atoms with E-state index in [0.29, 0.717) is 16.1 Å². The Balaban J connectivity index is 1.92. The van der Waals surface area contributed by atoms with Gasteiger partial charge in [-0.05, 0) is 25.0 Å². The molecule has 0 aliphatic carbocycles. The molecule has 0 heterocycles. The Hall–Kier alpha value is -4.66. The lowest BCUT2D eigenvalue weighted by molar-refractivity contribution is -0.154. The second kappa shape index (κ2) is 12.9. The number of hydrogen-bond donors (Lipinski definition) is 1. The number of ether oxygens (including phenoxy) is 3. The van der Waals surface area contributed by atoms with E-state index in [4.69, 9.17) is 14.2 Å². The van der Waals surface area contributed by atoms with Crippen LogP contribution in [0.15, 0.2) is 91.0 Å². The Bertz CT molecular complexity index is 1200. The zero-order chi connectivity index (χ0) is 26.7.